The lowest BCUT2D eigenvalue weighted by atomic mass is 9.89. The number of carbonyl (C=O) groups excluding carboxylic acids is 2. The first-order valence-corrected chi connectivity index (χ1v) is 11.3. The maximum atomic E-state index is 14.1. The molecule has 2 fully saturated rings. The van der Waals surface area contributed by atoms with E-state index in [-0.39, 0.29) is 29.7 Å². The van der Waals surface area contributed by atoms with Crippen LogP contribution in [0.5, 0.6) is 0 Å². The third-order valence-electron chi connectivity index (χ3n) is 7.29. The number of aliphatic hydroxyl groups excluding tert-OH is 1. The van der Waals surface area contributed by atoms with Gasteiger partial charge in [0.1, 0.15) is 18.5 Å². The lowest BCUT2D eigenvalue weighted by Crippen LogP contribution is -2.49. The molecular weight excluding hydrogens is 399 g/mol. The maximum Gasteiger partial charge on any atom is 0.248 e. The Labute approximate surface area is 183 Å². The minimum Gasteiger partial charge on any atom is -0.387 e. The van der Waals surface area contributed by atoms with Crippen molar-refractivity contribution in [3.05, 3.63) is 29.1 Å². The molecule has 4 atom stereocenters. The summed E-state index contributed by atoms with van der Waals surface area (Å²) in [4.78, 5) is 28.8. The average Bonchev–Trinajstić information content (AvgIpc) is 3.44. The predicted molar refractivity (Wildman–Crippen MR) is 116 cm³/mol. The molecule has 1 unspecified atom stereocenters. The van der Waals surface area contributed by atoms with E-state index in [2.05, 4.69) is 15.5 Å². The van der Waals surface area contributed by atoms with Gasteiger partial charge in [0.15, 0.2) is 0 Å². The smallest absolute Gasteiger partial charge is 0.248 e. The molecule has 0 radical (unpaired) electrons. The molecule has 1 saturated carbocycles. The average molecular weight is 433 g/mol. The zero-order valence-electron chi connectivity index (χ0n) is 18.4. The van der Waals surface area contributed by atoms with Gasteiger partial charge in [0.05, 0.1) is 0 Å². The number of hydrogen-bond donors (Lipinski definition) is 3. The van der Waals surface area contributed by atoms with Crippen molar-refractivity contribution in [2.75, 3.05) is 32.1 Å². The number of anilines is 1. The van der Waals surface area contributed by atoms with Gasteiger partial charge in [0.2, 0.25) is 11.8 Å². The predicted octanol–water partition coefficient (Wildman–Crippen LogP) is 1.42. The molecule has 3 aliphatic rings. The van der Waals surface area contributed by atoms with Crippen LogP contribution in [0.25, 0.3) is 0 Å². The Hall–Kier alpha value is -2.19. The Morgan fingerprint density at radius 1 is 1.32 bits per heavy atom. The number of halogens is 1. The minimum absolute atomic E-state index is 0.0618. The molecule has 31 heavy (non-hydrogen) atoms. The van der Waals surface area contributed by atoms with Gasteiger partial charge in [-0.05, 0) is 50.7 Å². The summed E-state index contributed by atoms with van der Waals surface area (Å²) in [5, 5.41) is 15.5. The molecule has 1 saturated heterocycles. The summed E-state index contributed by atoms with van der Waals surface area (Å²) in [6, 6.07) is 3.40. The number of aryl methyl sites for hydroxylation is 1. The highest BCUT2D eigenvalue weighted by atomic mass is 19.1. The molecule has 4 rings (SSSR count). The van der Waals surface area contributed by atoms with Gasteiger partial charge in [-0.1, -0.05) is 6.07 Å². The van der Waals surface area contributed by atoms with E-state index in [0.717, 1.165) is 56.4 Å². The van der Waals surface area contributed by atoms with Crippen LogP contribution in [0.3, 0.4) is 0 Å². The van der Waals surface area contributed by atoms with Crippen molar-refractivity contribution in [3.63, 3.8) is 0 Å². The number of nitrogens with zero attached hydrogens (tertiary/aromatic N) is 2. The number of hydrogen-bond acceptors (Lipinski definition) is 5. The van der Waals surface area contributed by atoms with Crippen molar-refractivity contribution in [2.24, 2.45) is 0 Å². The normalized spacial score (nSPS) is 28.1. The standard InChI is InChI=1S/C23H33FN4O3/c1-14-6-7-19(24)18-11-20(26-22(14)18)23(31)25-15-4-3-5-16(10-15)28-9-8-17(12-28)27(2)21(30)13-29/h6-7,15-17,20,26,29H,3-5,8-13H2,1-2H3,(H,25,31)/t15-,16+,17+,20?/m1/s1. The fraction of sp³-hybridized carbons (Fsp3) is 0.652. The molecule has 7 nitrogen and oxygen atoms in total. The van der Waals surface area contributed by atoms with Crippen LogP contribution in [0.4, 0.5) is 10.1 Å². The number of aliphatic hydroxyl groups is 1. The second kappa shape index (κ2) is 9.12. The fourth-order valence-electron chi connectivity index (χ4n) is 5.39. The number of carbonyl (C=O) groups is 2. The summed E-state index contributed by atoms with van der Waals surface area (Å²) in [6.07, 6.45) is 5.27. The highest BCUT2D eigenvalue weighted by Crippen LogP contribution is 2.32. The highest BCUT2D eigenvalue weighted by molar-refractivity contribution is 5.88. The zero-order chi connectivity index (χ0) is 22.1. The van der Waals surface area contributed by atoms with Gasteiger partial charge < -0.3 is 20.6 Å². The van der Waals surface area contributed by atoms with Gasteiger partial charge in [0, 0.05) is 55.9 Å². The summed E-state index contributed by atoms with van der Waals surface area (Å²) in [6.45, 7) is 3.21. The lowest BCUT2D eigenvalue weighted by Gasteiger charge is -2.36. The molecule has 0 bridgehead atoms. The Kier molecular flexibility index (Phi) is 6.48. The first kappa shape index (κ1) is 22.0. The first-order valence-electron chi connectivity index (χ1n) is 11.3. The number of nitrogens with one attached hydrogen (secondary N) is 2. The molecule has 8 heteroatoms. The van der Waals surface area contributed by atoms with Gasteiger partial charge >= 0.3 is 0 Å². The van der Waals surface area contributed by atoms with E-state index in [1.807, 2.05) is 6.92 Å². The molecule has 2 heterocycles. The van der Waals surface area contributed by atoms with Crippen LogP contribution in [0.15, 0.2) is 12.1 Å². The van der Waals surface area contributed by atoms with Gasteiger partial charge in [-0.25, -0.2) is 4.39 Å². The van der Waals surface area contributed by atoms with Crippen molar-refractivity contribution in [1.29, 1.82) is 0 Å². The number of rotatable bonds is 5. The summed E-state index contributed by atoms with van der Waals surface area (Å²) < 4.78 is 14.1. The molecular formula is C23H33FN4O3. The molecule has 2 amide bonds. The first-order chi connectivity index (χ1) is 14.9. The number of benzene rings is 1. The molecule has 0 aromatic heterocycles. The Morgan fingerprint density at radius 2 is 2.13 bits per heavy atom. The SMILES string of the molecule is Cc1ccc(F)c2c1NC(C(=O)N[C@@H]1CCC[C@H](N3CC[C@H](N(C)C(=O)CO)C3)C1)C2. The molecule has 170 valence electrons. The molecule has 3 N–H and O–H groups in total. The van der Waals surface area contributed by atoms with Crippen LogP contribution in [0.2, 0.25) is 0 Å². The number of fused-ring (bicyclic) bond motifs is 1. The van der Waals surface area contributed by atoms with Crippen LogP contribution >= 0.6 is 0 Å². The van der Waals surface area contributed by atoms with Crippen LogP contribution in [-0.2, 0) is 16.0 Å². The van der Waals surface area contributed by atoms with E-state index >= 15 is 0 Å². The van der Waals surface area contributed by atoms with Crippen LogP contribution in [-0.4, -0.2) is 77.6 Å². The van der Waals surface area contributed by atoms with E-state index in [1.165, 1.54) is 6.07 Å². The molecule has 1 aromatic carbocycles. The Bertz CT molecular complexity index is 817. The Morgan fingerprint density at radius 3 is 2.87 bits per heavy atom. The van der Waals surface area contributed by atoms with E-state index < -0.39 is 12.6 Å². The van der Waals surface area contributed by atoms with Gasteiger partial charge in [0.25, 0.3) is 0 Å². The van der Waals surface area contributed by atoms with Gasteiger partial charge in [-0.2, -0.15) is 0 Å². The van der Waals surface area contributed by atoms with E-state index in [9.17, 15) is 14.0 Å². The second-order valence-corrected chi connectivity index (χ2v) is 9.25. The molecule has 1 aliphatic carbocycles. The van der Waals surface area contributed by atoms with Crippen molar-refractivity contribution >= 4 is 17.5 Å². The number of likely N-dealkylation sites (tertiary alicyclic amines) is 1. The topological polar surface area (TPSA) is 84.9 Å². The number of likely N-dealkylation sites (N-methyl/N-ethyl adjacent to an activating group) is 1. The van der Waals surface area contributed by atoms with Crippen LogP contribution < -0.4 is 10.6 Å². The monoisotopic (exact) mass is 432 g/mol. The van der Waals surface area contributed by atoms with Crippen molar-refractivity contribution in [1.82, 2.24) is 15.1 Å². The van der Waals surface area contributed by atoms with Crippen molar-refractivity contribution < 1.29 is 19.1 Å². The summed E-state index contributed by atoms with van der Waals surface area (Å²) >= 11 is 0. The van der Waals surface area contributed by atoms with Gasteiger partial charge in [-0.15, -0.1) is 0 Å². The van der Waals surface area contributed by atoms with E-state index in [0.29, 0.717) is 18.0 Å². The van der Waals surface area contributed by atoms with Crippen molar-refractivity contribution in [3.8, 4) is 0 Å². The molecule has 1 aromatic rings. The third kappa shape index (κ3) is 4.55. The zero-order valence-corrected chi connectivity index (χ0v) is 18.4. The second-order valence-electron chi connectivity index (χ2n) is 9.25. The molecule has 0 spiro atoms. The summed E-state index contributed by atoms with van der Waals surface area (Å²) in [7, 11) is 1.76. The summed E-state index contributed by atoms with van der Waals surface area (Å²) in [5.41, 5.74) is 2.32. The van der Waals surface area contributed by atoms with E-state index in [4.69, 9.17) is 5.11 Å². The van der Waals surface area contributed by atoms with Gasteiger partial charge in [-0.3, -0.25) is 14.5 Å². The number of amides is 2. The summed E-state index contributed by atoms with van der Waals surface area (Å²) in [5.74, 6) is -0.556. The third-order valence-corrected chi connectivity index (χ3v) is 7.29. The maximum absolute atomic E-state index is 14.1. The van der Waals surface area contributed by atoms with Crippen LogP contribution in [0, 0.1) is 12.7 Å². The fourth-order valence-corrected chi connectivity index (χ4v) is 5.39. The minimum atomic E-state index is -0.451. The van der Waals surface area contributed by atoms with Crippen LogP contribution in [0.1, 0.15) is 43.2 Å². The lowest BCUT2D eigenvalue weighted by molar-refractivity contribution is -0.134. The van der Waals surface area contributed by atoms with Crippen molar-refractivity contribution in [2.45, 2.75) is 69.6 Å². The Balaban J connectivity index is 1.31. The quantitative estimate of drug-likeness (QED) is 0.656. The van der Waals surface area contributed by atoms with E-state index in [1.54, 1.807) is 18.0 Å². The largest absolute Gasteiger partial charge is 0.387 e. The highest BCUT2D eigenvalue weighted by Gasteiger charge is 2.36. The molecule has 2 aliphatic heterocycles.